The van der Waals surface area contributed by atoms with Crippen LogP contribution in [0.15, 0.2) is 42.5 Å². The van der Waals surface area contributed by atoms with Gasteiger partial charge < -0.3 is 15.8 Å². The van der Waals surface area contributed by atoms with Crippen LogP contribution in [0.2, 0.25) is 0 Å². The van der Waals surface area contributed by atoms with Crippen LogP contribution >= 0.6 is 0 Å². The Hall–Kier alpha value is -2.49. The Morgan fingerprint density at radius 3 is 2.70 bits per heavy atom. The van der Waals surface area contributed by atoms with Crippen molar-refractivity contribution in [3.05, 3.63) is 59.2 Å². The van der Waals surface area contributed by atoms with Gasteiger partial charge in [-0.2, -0.15) is 0 Å². The van der Waals surface area contributed by atoms with Gasteiger partial charge in [0.2, 0.25) is 0 Å². The van der Waals surface area contributed by atoms with Crippen LogP contribution in [0.4, 0.5) is 11.4 Å². The summed E-state index contributed by atoms with van der Waals surface area (Å²) in [4.78, 5) is 11.6. The van der Waals surface area contributed by atoms with Crippen molar-refractivity contribution >= 4 is 17.3 Å². The van der Waals surface area contributed by atoms with E-state index in [2.05, 4.69) is 24.4 Å². The average molecular weight is 270 g/mol. The number of benzene rings is 2. The van der Waals surface area contributed by atoms with E-state index in [1.165, 1.54) is 12.7 Å². The molecule has 0 aliphatic carbocycles. The molecule has 2 rings (SSSR count). The van der Waals surface area contributed by atoms with Crippen LogP contribution in [0, 0.1) is 6.92 Å². The van der Waals surface area contributed by atoms with Gasteiger partial charge in [-0.25, -0.2) is 4.79 Å². The molecule has 0 aliphatic rings. The van der Waals surface area contributed by atoms with Crippen LogP contribution in [-0.2, 0) is 11.3 Å². The number of carbonyl (C=O) groups excluding carboxylic acids is 1. The number of carbonyl (C=O) groups is 1. The van der Waals surface area contributed by atoms with Gasteiger partial charge in [0.25, 0.3) is 0 Å². The minimum absolute atomic E-state index is 0.377. The average Bonchev–Trinajstić information content (AvgIpc) is 2.45. The Morgan fingerprint density at radius 2 is 2.00 bits per heavy atom. The van der Waals surface area contributed by atoms with Gasteiger partial charge in [0, 0.05) is 6.54 Å². The van der Waals surface area contributed by atoms with Gasteiger partial charge in [0.05, 0.1) is 24.0 Å². The number of ether oxygens (including phenoxy) is 1. The Morgan fingerprint density at radius 1 is 1.25 bits per heavy atom. The number of nitrogens with one attached hydrogen (secondary N) is 1. The van der Waals surface area contributed by atoms with Gasteiger partial charge >= 0.3 is 5.97 Å². The van der Waals surface area contributed by atoms with E-state index in [0.717, 1.165) is 11.3 Å². The van der Waals surface area contributed by atoms with E-state index < -0.39 is 5.97 Å². The highest BCUT2D eigenvalue weighted by Crippen LogP contribution is 2.24. The third-order valence-electron chi connectivity index (χ3n) is 3.08. The first-order chi connectivity index (χ1) is 9.61. The quantitative estimate of drug-likeness (QED) is 0.662. The van der Waals surface area contributed by atoms with Crippen LogP contribution in [0.1, 0.15) is 21.5 Å². The van der Waals surface area contributed by atoms with Gasteiger partial charge in [0.1, 0.15) is 0 Å². The lowest BCUT2D eigenvalue weighted by atomic mass is 10.1. The van der Waals surface area contributed by atoms with E-state index in [1.54, 1.807) is 12.1 Å². The van der Waals surface area contributed by atoms with Crippen molar-refractivity contribution in [2.45, 2.75) is 13.5 Å². The summed E-state index contributed by atoms with van der Waals surface area (Å²) in [5.74, 6) is -0.429. The van der Waals surface area contributed by atoms with Gasteiger partial charge in [0.15, 0.2) is 0 Å². The molecular weight excluding hydrogens is 252 g/mol. The highest BCUT2D eigenvalue weighted by Gasteiger charge is 2.12. The Kier molecular flexibility index (Phi) is 4.25. The maximum atomic E-state index is 11.6. The summed E-state index contributed by atoms with van der Waals surface area (Å²) in [7, 11) is 1.34. The lowest BCUT2D eigenvalue weighted by Gasteiger charge is -2.12. The molecule has 0 aliphatic heterocycles. The van der Waals surface area contributed by atoms with E-state index in [9.17, 15) is 4.79 Å². The molecule has 0 saturated heterocycles. The second kappa shape index (κ2) is 6.10. The number of hydrogen-bond donors (Lipinski definition) is 2. The molecule has 0 radical (unpaired) electrons. The number of nitrogen functional groups attached to an aromatic ring is 1. The lowest BCUT2D eigenvalue weighted by Crippen LogP contribution is -2.09. The van der Waals surface area contributed by atoms with Crippen molar-refractivity contribution < 1.29 is 9.53 Å². The van der Waals surface area contributed by atoms with Crippen molar-refractivity contribution in [1.29, 1.82) is 0 Å². The molecular formula is C16H18N2O2. The first-order valence-electron chi connectivity index (χ1n) is 6.38. The van der Waals surface area contributed by atoms with Gasteiger partial charge in [-0.3, -0.25) is 0 Å². The third-order valence-corrected chi connectivity index (χ3v) is 3.08. The van der Waals surface area contributed by atoms with E-state index >= 15 is 0 Å². The number of esters is 1. The lowest BCUT2D eigenvalue weighted by molar-refractivity contribution is 0.0602. The van der Waals surface area contributed by atoms with Crippen molar-refractivity contribution in [2.24, 2.45) is 0 Å². The predicted octanol–water partition coefficient (Wildman–Crippen LogP) is 2.98. The molecule has 0 bridgehead atoms. The molecule has 0 aromatic heterocycles. The molecule has 0 unspecified atom stereocenters. The second-order valence-corrected chi connectivity index (χ2v) is 4.60. The predicted molar refractivity (Wildman–Crippen MR) is 80.7 cm³/mol. The van der Waals surface area contributed by atoms with Crippen LogP contribution in [0.3, 0.4) is 0 Å². The minimum Gasteiger partial charge on any atom is -0.465 e. The Bertz CT molecular complexity index is 624. The van der Waals surface area contributed by atoms with Crippen molar-refractivity contribution in [2.75, 3.05) is 18.2 Å². The summed E-state index contributed by atoms with van der Waals surface area (Å²) >= 11 is 0. The molecule has 2 aromatic rings. The van der Waals surface area contributed by atoms with E-state index in [0.29, 0.717) is 17.8 Å². The number of nitrogens with two attached hydrogens (primary N) is 1. The van der Waals surface area contributed by atoms with Gasteiger partial charge in [-0.15, -0.1) is 0 Å². The van der Waals surface area contributed by atoms with Gasteiger partial charge in [-0.1, -0.05) is 35.9 Å². The minimum atomic E-state index is -0.429. The second-order valence-electron chi connectivity index (χ2n) is 4.60. The fraction of sp³-hybridized carbons (Fsp3) is 0.188. The van der Waals surface area contributed by atoms with Gasteiger partial charge in [-0.05, 0) is 24.6 Å². The number of rotatable bonds is 4. The number of aryl methyl sites for hydroxylation is 1. The van der Waals surface area contributed by atoms with Crippen molar-refractivity contribution in [3.63, 3.8) is 0 Å². The smallest absolute Gasteiger partial charge is 0.340 e. The maximum Gasteiger partial charge on any atom is 0.340 e. The van der Waals surface area contributed by atoms with Crippen LogP contribution < -0.4 is 11.1 Å². The molecule has 0 saturated carbocycles. The Labute approximate surface area is 118 Å². The van der Waals surface area contributed by atoms with Crippen LogP contribution in [0.25, 0.3) is 0 Å². The molecule has 0 spiro atoms. The zero-order valence-corrected chi connectivity index (χ0v) is 11.6. The third kappa shape index (κ3) is 3.09. The molecule has 4 nitrogen and oxygen atoms in total. The number of hydrogen-bond acceptors (Lipinski definition) is 4. The fourth-order valence-corrected chi connectivity index (χ4v) is 2.03. The van der Waals surface area contributed by atoms with E-state index in [4.69, 9.17) is 10.5 Å². The first kappa shape index (κ1) is 13.9. The molecule has 3 N–H and O–H groups in total. The zero-order valence-electron chi connectivity index (χ0n) is 11.6. The number of methoxy groups -OCH3 is 1. The van der Waals surface area contributed by atoms with Crippen molar-refractivity contribution in [3.8, 4) is 0 Å². The molecule has 0 atom stereocenters. The molecule has 104 valence electrons. The Balaban J connectivity index is 2.16. The van der Waals surface area contributed by atoms with Crippen molar-refractivity contribution in [1.82, 2.24) is 0 Å². The molecule has 4 heteroatoms. The monoisotopic (exact) mass is 270 g/mol. The molecule has 0 fully saturated rings. The van der Waals surface area contributed by atoms with Crippen LogP contribution in [0.5, 0.6) is 0 Å². The summed E-state index contributed by atoms with van der Waals surface area (Å²) in [5, 5.41) is 3.24. The number of anilines is 2. The topological polar surface area (TPSA) is 64.3 Å². The zero-order chi connectivity index (χ0) is 14.5. The highest BCUT2D eigenvalue weighted by atomic mass is 16.5. The van der Waals surface area contributed by atoms with Crippen LogP contribution in [-0.4, -0.2) is 13.1 Å². The summed E-state index contributed by atoms with van der Waals surface area (Å²) in [6.07, 6.45) is 0. The first-order valence-corrected chi connectivity index (χ1v) is 6.38. The van der Waals surface area contributed by atoms with E-state index in [1.807, 2.05) is 18.2 Å². The largest absolute Gasteiger partial charge is 0.465 e. The standard InChI is InChI=1S/C16H18N2O2/c1-11-5-3-6-12(9-11)10-18-14-8-4-7-13(15(14)17)16(19)20-2/h3-9,18H,10,17H2,1-2H3. The summed E-state index contributed by atoms with van der Waals surface area (Å²) in [6, 6.07) is 13.5. The maximum absolute atomic E-state index is 11.6. The SMILES string of the molecule is COC(=O)c1cccc(NCc2cccc(C)c2)c1N. The normalized spacial score (nSPS) is 10.1. The fourth-order valence-electron chi connectivity index (χ4n) is 2.03. The summed E-state index contributed by atoms with van der Waals surface area (Å²) in [5.41, 5.74) is 9.88. The molecule has 2 aromatic carbocycles. The summed E-state index contributed by atoms with van der Waals surface area (Å²) in [6.45, 7) is 2.70. The molecule has 0 amide bonds. The molecule has 0 heterocycles. The summed E-state index contributed by atoms with van der Waals surface area (Å²) < 4.78 is 4.70. The highest BCUT2D eigenvalue weighted by molar-refractivity contribution is 5.98. The van der Waals surface area contributed by atoms with E-state index in [-0.39, 0.29) is 0 Å². The number of para-hydroxylation sites is 1. The molecule has 20 heavy (non-hydrogen) atoms.